The summed E-state index contributed by atoms with van der Waals surface area (Å²) in [6.07, 6.45) is 0.915. The molecule has 0 saturated heterocycles. The number of nitrogens with two attached hydrogens (primary N) is 1. The van der Waals surface area contributed by atoms with Gasteiger partial charge in [-0.15, -0.1) is 0 Å². The standard InChI is InChI=1S/C17H22N2/c1-12-7-9-15(10-8-12)17(19-18)11-16-13(2)5-4-6-14(16)3/h4-10,17,19H,11,18H2,1-3H3. The van der Waals surface area contributed by atoms with E-state index >= 15 is 0 Å². The number of hydrogen-bond donors (Lipinski definition) is 2. The van der Waals surface area contributed by atoms with Crippen molar-refractivity contribution in [3.8, 4) is 0 Å². The van der Waals surface area contributed by atoms with Crippen LogP contribution in [0.4, 0.5) is 0 Å². The maximum Gasteiger partial charge on any atom is 0.0500 e. The van der Waals surface area contributed by atoms with Crippen molar-refractivity contribution in [2.75, 3.05) is 0 Å². The Morgan fingerprint density at radius 2 is 1.53 bits per heavy atom. The molecule has 0 aromatic heterocycles. The van der Waals surface area contributed by atoms with Gasteiger partial charge in [0.25, 0.3) is 0 Å². The van der Waals surface area contributed by atoms with Crippen LogP contribution in [0.25, 0.3) is 0 Å². The highest BCUT2D eigenvalue weighted by atomic mass is 15.2. The van der Waals surface area contributed by atoms with E-state index in [1.807, 2.05) is 0 Å². The van der Waals surface area contributed by atoms with Gasteiger partial charge in [-0.3, -0.25) is 11.3 Å². The second-order valence-corrected chi connectivity index (χ2v) is 5.20. The second kappa shape index (κ2) is 6.00. The second-order valence-electron chi connectivity index (χ2n) is 5.20. The molecule has 1 atom stereocenters. The molecule has 0 fully saturated rings. The Morgan fingerprint density at radius 1 is 0.947 bits per heavy atom. The van der Waals surface area contributed by atoms with E-state index in [1.54, 1.807) is 0 Å². The number of rotatable bonds is 4. The first-order chi connectivity index (χ1) is 9.11. The number of hydrogen-bond acceptors (Lipinski definition) is 2. The summed E-state index contributed by atoms with van der Waals surface area (Å²) in [5, 5.41) is 0. The van der Waals surface area contributed by atoms with Gasteiger partial charge in [0, 0.05) is 6.04 Å². The summed E-state index contributed by atoms with van der Waals surface area (Å²) in [6.45, 7) is 6.41. The van der Waals surface area contributed by atoms with Crippen LogP contribution >= 0.6 is 0 Å². The molecular weight excluding hydrogens is 232 g/mol. The third-order valence-corrected chi connectivity index (χ3v) is 3.73. The maximum atomic E-state index is 5.74. The molecule has 2 heteroatoms. The third kappa shape index (κ3) is 3.22. The largest absolute Gasteiger partial charge is 0.271 e. The molecule has 0 heterocycles. The molecule has 2 rings (SSSR count). The Hall–Kier alpha value is -1.64. The van der Waals surface area contributed by atoms with Crippen LogP contribution in [0.1, 0.15) is 33.9 Å². The first-order valence-electron chi connectivity index (χ1n) is 6.69. The number of benzene rings is 2. The van der Waals surface area contributed by atoms with Crippen molar-refractivity contribution in [1.82, 2.24) is 5.43 Å². The van der Waals surface area contributed by atoms with Gasteiger partial charge in [0.05, 0.1) is 0 Å². The van der Waals surface area contributed by atoms with Crippen LogP contribution in [0.3, 0.4) is 0 Å². The first-order valence-corrected chi connectivity index (χ1v) is 6.69. The fourth-order valence-electron chi connectivity index (χ4n) is 2.45. The lowest BCUT2D eigenvalue weighted by Crippen LogP contribution is -2.30. The molecule has 2 aromatic carbocycles. The van der Waals surface area contributed by atoms with Crippen LogP contribution in [0.5, 0.6) is 0 Å². The minimum Gasteiger partial charge on any atom is -0.271 e. The van der Waals surface area contributed by atoms with Gasteiger partial charge in [-0.25, -0.2) is 0 Å². The van der Waals surface area contributed by atoms with Crippen molar-refractivity contribution in [3.05, 3.63) is 70.3 Å². The predicted octanol–water partition coefficient (Wildman–Crippen LogP) is 3.36. The lowest BCUT2D eigenvalue weighted by atomic mass is 9.93. The SMILES string of the molecule is Cc1ccc(C(Cc2c(C)cccc2C)NN)cc1. The van der Waals surface area contributed by atoms with Crippen molar-refractivity contribution < 1.29 is 0 Å². The number of nitrogens with one attached hydrogen (secondary N) is 1. The molecule has 0 aliphatic heterocycles. The van der Waals surface area contributed by atoms with Gasteiger partial charge in [0.15, 0.2) is 0 Å². The minimum atomic E-state index is 0.153. The molecule has 0 amide bonds. The Labute approximate surface area is 115 Å². The van der Waals surface area contributed by atoms with Gasteiger partial charge in [0.1, 0.15) is 0 Å². The van der Waals surface area contributed by atoms with Crippen LogP contribution in [0.15, 0.2) is 42.5 Å². The molecular formula is C17H22N2. The normalized spacial score (nSPS) is 12.4. The lowest BCUT2D eigenvalue weighted by Gasteiger charge is -2.19. The predicted molar refractivity (Wildman–Crippen MR) is 80.9 cm³/mol. The number of hydrazine groups is 1. The third-order valence-electron chi connectivity index (χ3n) is 3.73. The zero-order chi connectivity index (χ0) is 13.8. The molecule has 0 aliphatic rings. The molecule has 19 heavy (non-hydrogen) atoms. The Bertz CT molecular complexity index is 523. The molecule has 1 unspecified atom stereocenters. The highest BCUT2D eigenvalue weighted by molar-refractivity contribution is 5.35. The lowest BCUT2D eigenvalue weighted by molar-refractivity contribution is 0.549. The molecule has 100 valence electrons. The zero-order valence-electron chi connectivity index (χ0n) is 11.9. The smallest absolute Gasteiger partial charge is 0.0500 e. The van der Waals surface area contributed by atoms with Crippen LogP contribution in [-0.4, -0.2) is 0 Å². The average Bonchev–Trinajstić information content (AvgIpc) is 2.40. The summed E-state index contributed by atoms with van der Waals surface area (Å²) in [7, 11) is 0. The Kier molecular flexibility index (Phi) is 4.35. The summed E-state index contributed by atoms with van der Waals surface area (Å²) < 4.78 is 0. The highest BCUT2D eigenvalue weighted by Gasteiger charge is 2.13. The molecule has 3 N–H and O–H groups in total. The van der Waals surface area contributed by atoms with E-state index in [9.17, 15) is 0 Å². The molecule has 0 spiro atoms. The van der Waals surface area contributed by atoms with Crippen molar-refractivity contribution in [2.24, 2.45) is 5.84 Å². The van der Waals surface area contributed by atoms with Gasteiger partial charge >= 0.3 is 0 Å². The summed E-state index contributed by atoms with van der Waals surface area (Å²) in [4.78, 5) is 0. The maximum absolute atomic E-state index is 5.74. The van der Waals surface area contributed by atoms with Gasteiger partial charge in [-0.1, -0.05) is 48.0 Å². The Morgan fingerprint density at radius 3 is 2.05 bits per heavy atom. The van der Waals surface area contributed by atoms with Crippen molar-refractivity contribution >= 4 is 0 Å². The zero-order valence-corrected chi connectivity index (χ0v) is 11.9. The molecule has 0 radical (unpaired) electrons. The van der Waals surface area contributed by atoms with Gasteiger partial charge in [0.2, 0.25) is 0 Å². The molecule has 0 bridgehead atoms. The van der Waals surface area contributed by atoms with E-state index in [1.165, 1.54) is 27.8 Å². The van der Waals surface area contributed by atoms with E-state index in [-0.39, 0.29) is 6.04 Å². The molecule has 0 saturated carbocycles. The highest BCUT2D eigenvalue weighted by Crippen LogP contribution is 2.22. The van der Waals surface area contributed by atoms with E-state index in [2.05, 4.69) is 68.7 Å². The summed E-state index contributed by atoms with van der Waals surface area (Å²) >= 11 is 0. The van der Waals surface area contributed by atoms with Crippen molar-refractivity contribution in [1.29, 1.82) is 0 Å². The van der Waals surface area contributed by atoms with Crippen LogP contribution in [0.2, 0.25) is 0 Å². The molecule has 0 aliphatic carbocycles. The van der Waals surface area contributed by atoms with E-state index in [4.69, 9.17) is 5.84 Å². The van der Waals surface area contributed by atoms with E-state index < -0.39 is 0 Å². The fraction of sp³-hybridized carbons (Fsp3) is 0.294. The first kappa shape index (κ1) is 13.8. The van der Waals surface area contributed by atoms with E-state index in [0.29, 0.717) is 0 Å². The average molecular weight is 254 g/mol. The molecule has 2 nitrogen and oxygen atoms in total. The minimum absolute atomic E-state index is 0.153. The van der Waals surface area contributed by atoms with E-state index in [0.717, 1.165) is 6.42 Å². The fourth-order valence-corrected chi connectivity index (χ4v) is 2.45. The van der Waals surface area contributed by atoms with Gasteiger partial charge < -0.3 is 0 Å². The summed E-state index contributed by atoms with van der Waals surface area (Å²) in [5.74, 6) is 5.74. The summed E-state index contributed by atoms with van der Waals surface area (Å²) in [5.41, 5.74) is 9.48. The quantitative estimate of drug-likeness (QED) is 0.648. The Balaban J connectivity index is 2.26. The van der Waals surface area contributed by atoms with Crippen LogP contribution in [-0.2, 0) is 6.42 Å². The van der Waals surface area contributed by atoms with Crippen molar-refractivity contribution in [2.45, 2.75) is 33.2 Å². The number of aryl methyl sites for hydroxylation is 3. The van der Waals surface area contributed by atoms with Gasteiger partial charge in [-0.2, -0.15) is 0 Å². The van der Waals surface area contributed by atoms with Crippen molar-refractivity contribution in [3.63, 3.8) is 0 Å². The molecule has 2 aromatic rings. The monoisotopic (exact) mass is 254 g/mol. The van der Waals surface area contributed by atoms with Gasteiger partial charge in [-0.05, 0) is 49.4 Å². The topological polar surface area (TPSA) is 38.0 Å². The summed E-state index contributed by atoms with van der Waals surface area (Å²) in [6, 6.07) is 15.1. The van der Waals surface area contributed by atoms with Crippen LogP contribution < -0.4 is 11.3 Å². The van der Waals surface area contributed by atoms with Crippen LogP contribution in [0, 0.1) is 20.8 Å².